The lowest BCUT2D eigenvalue weighted by Gasteiger charge is -2.26. The van der Waals surface area contributed by atoms with E-state index in [1.165, 1.54) is 15.6 Å². The number of amides is 1. The maximum absolute atomic E-state index is 12.0. The summed E-state index contributed by atoms with van der Waals surface area (Å²) in [5, 5.41) is 16.1. The van der Waals surface area contributed by atoms with Crippen LogP contribution in [0.3, 0.4) is 0 Å². The van der Waals surface area contributed by atoms with Gasteiger partial charge in [-0.2, -0.15) is 0 Å². The number of benzene rings is 1. The van der Waals surface area contributed by atoms with Gasteiger partial charge in [0.2, 0.25) is 5.91 Å². The number of nitrogens with one attached hydrogen (secondary N) is 1. The zero-order valence-corrected chi connectivity index (χ0v) is 13.6. The summed E-state index contributed by atoms with van der Waals surface area (Å²) in [7, 11) is 0. The van der Waals surface area contributed by atoms with Crippen molar-refractivity contribution < 1.29 is 9.90 Å². The molecule has 0 atom stereocenters. The fraction of sp³-hybridized carbons (Fsp3) is 0.500. The first-order chi connectivity index (χ1) is 10.7. The van der Waals surface area contributed by atoms with Crippen LogP contribution in [0.1, 0.15) is 44.1 Å². The smallest absolute Gasteiger partial charge is 0.220 e. The van der Waals surface area contributed by atoms with Crippen LogP contribution in [-0.4, -0.2) is 23.2 Å². The highest BCUT2D eigenvalue weighted by molar-refractivity contribution is 7.17. The van der Waals surface area contributed by atoms with E-state index in [9.17, 15) is 9.90 Å². The van der Waals surface area contributed by atoms with Gasteiger partial charge in [-0.3, -0.25) is 4.79 Å². The van der Waals surface area contributed by atoms with Gasteiger partial charge in [-0.25, -0.2) is 0 Å². The molecule has 1 amide bonds. The summed E-state index contributed by atoms with van der Waals surface area (Å²) in [5.41, 5.74) is 1.36. The Hall–Kier alpha value is -1.39. The average Bonchev–Trinajstić information content (AvgIpc) is 2.93. The van der Waals surface area contributed by atoms with E-state index in [0.717, 1.165) is 38.5 Å². The van der Waals surface area contributed by atoms with E-state index in [1.807, 2.05) is 0 Å². The SMILES string of the molecule is O=C(CCCc1csc2ccccc12)NC1CCC(O)CC1. The highest BCUT2D eigenvalue weighted by Crippen LogP contribution is 2.26. The fourth-order valence-corrected chi connectivity index (χ4v) is 4.18. The van der Waals surface area contributed by atoms with Gasteiger partial charge in [0.05, 0.1) is 6.10 Å². The Morgan fingerprint density at radius 1 is 1.23 bits per heavy atom. The summed E-state index contributed by atoms with van der Waals surface area (Å²) >= 11 is 1.78. The number of carbonyl (C=O) groups is 1. The zero-order valence-electron chi connectivity index (χ0n) is 12.8. The van der Waals surface area contributed by atoms with Crippen molar-refractivity contribution in [2.24, 2.45) is 0 Å². The van der Waals surface area contributed by atoms with Gasteiger partial charge in [0.15, 0.2) is 0 Å². The van der Waals surface area contributed by atoms with Gasteiger partial charge in [0.1, 0.15) is 0 Å². The van der Waals surface area contributed by atoms with Gasteiger partial charge in [-0.15, -0.1) is 11.3 Å². The maximum Gasteiger partial charge on any atom is 0.220 e. The van der Waals surface area contributed by atoms with Gasteiger partial charge < -0.3 is 10.4 Å². The molecule has 1 aromatic carbocycles. The number of carbonyl (C=O) groups excluding carboxylic acids is 1. The molecular weight excluding hydrogens is 294 g/mol. The number of thiophene rings is 1. The molecule has 0 bridgehead atoms. The molecule has 0 radical (unpaired) electrons. The molecule has 22 heavy (non-hydrogen) atoms. The second kappa shape index (κ2) is 7.25. The normalized spacial score (nSPS) is 21.9. The number of fused-ring (bicyclic) bond motifs is 1. The lowest BCUT2D eigenvalue weighted by Crippen LogP contribution is -2.38. The van der Waals surface area contributed by atoms with E-state index in [4.69, 9.17) is 0 Å². The molecule has 0 unspecified atom stereocenters. The molecule has 1 fully saturated rings. The van der Waals surface area contributed by atoms with Gasteiger partial charge in [-0.05, 0) is 60.9 Å². The van der Waals surface area contributed by atoms with E-state index in [-0.39, 0.29) is 18.1 Å². The Bertz CT molecular complexity index is 629. The number of aliphatic hydroxyl groups excluding tert-OH is 1. The number of rotatable bonds is 5. The molecule has 0 aliphatic heterocycles. The molecule has 2 N–H and O–H groups in total. The average molecular weight is 317 g/mol. The van der Waals surface area contributed by atoms with Crippen molar-refractivity contribution in [2.75, 3.05) is 0 Å². The Kier molecular flexibility index (Phi) is 5.11. The monoisotopic (exact) mass is 317 g/mol. The van der Waals surface area contributed by atoms with Crippen LogP contribution in [-0.2, 0) is 11.2 Å². The fourth-order valence-electron chi connectivity index (χ4n) is 3.19. The van der Waals surface area contributed by atoms with Crippen LogP contribution in [0.15, 0.2) is 29.6 Å². The van der Waals surface area contributed by atoms with Crippen molar-refractivity contribution in [1.29, 1.82) is 0 Å². The van der Waals surface area contributed by atoms with Crippen molar-refractivity contribution in [3.63, 3.8) is 0 Å². The van der Waals surface area contributed by atoms with Gasteiger partial charge in [0.25, 0.3) is 0 Å². The van der Waals surface area contributed by atoms with Crippen LogP contribution in [0.5, 0.6) is 0 Å². The van der Waals surface area contributed by atoms with E-state index in [0.29, 0.717) is 6.42 Å². The zero-order chi connectivity index (χ0) is 15.4. The minimum absolute atomic E-state index is 0.154. The molecule has 0 saturated heterocycles. The first-order valence-electron chi connectivity index (χ1n) is 8.15. The van der Waals surface area contributed by atoms with Crippen molar-refractivity contribution >= 4 is 27.3 Å². The van der Waals surface area contributed by atoms with Crippen LogP contribution in [0.25, 0.3) is 10.1 Å². The predicted molar refractivity (Wildman–Crippen MR) is 91.2 cm³/mol. The van der Waals surface area contributed by atoms with Crippen molar-refractivity contribution in [1.82, 2.24) is 5.32 Å². The summed E-state index contributed by atoms with van der Waals surface area (Å²) in [6, 6.07) is 8.71. The first-order valence-corrected chi connectivity index (χ1v) is 9.03. The van der Waals surface area contributed by atoms with Crippen LogP contribution < -0.4 is 5.32 Å². The third kappa shape index (κ3) is 3.87. The largest absolute Gasteiger partial charge is 0.393 e. The molecule has 4 heteroatoms. The molecule has 3 rings (SSSR count). The first kappa shape index (κ1) is 15.5. The molecule has 118 valence electrons. The minimum atomic E-state index is -0.167. The third-order valence-corrected chi connectivity index (χ3v) is 5.49. The van der Waals surface area contributed by atoms with E-state index >= 15 is 0 Å². The van der Waals surface area contributed by atoms with Crippen molar-refractivity contribution in [2.45, 2.75) is 57.1 Å². The minimum Gasteiger partial charge on any atom is -0.393 e. The standard InChI is InChI=1S/C18H23NO2S/c20-15-10-8-14(9-11-15)19-18(21)7-3-4-13-12-22-17-6-2-1-5-16(13)17/h1-2,5-6,12,14-15,20H,3-4,7-11H2,(H,19,21). The van der Waals surface area contributed by atoms with Crippen LogP contribution in [0.2, 0.25) is 0 Å². The van der Waals surface area contributed by atoms with Crippen LogP contribution in [0, 0.1) is 0 Å². The summed E-state index contributed by atoms with van der Waals surface area (Å²) in [4.78, 5) is 12.0. The van der Waals surface area contributed by atoms with Crippen LogP contribution in [0.4, 0.5) is 0 Å². The van der Waals surface area contributed by atoms with E-state index in [1.54, 1.807) is 11.3 Å². The molecule has 1 heterocycles. The number of hydrogen-bond acceptors (Lipinski definition) is 3. The molecule has 1 aliphatic carbocycles. The molecule has 3 nitrogen and oxygen atoms in total. The molecule has 1 saturated carbocycles. The Morgan fingerprint density at radius 3 is 2.82 bits per heavy atom. The number of hydrogen-bond donors (Lipinski definition) is 2. The van der Waals surface area contributed by atoms with Gasteiger partial charge in [0, 0.05) is 17.2 Å². The topological polar surface area (TPSA) is 49.3 Å². The van der Waals surface area contributed by atoms with Gasteiger partial charge in [-0.1, -0.05) is 18.2 Å². The lowest BCUT2D eigenvalue weighted by atomic mass is 9.93. The molecule has 0 spiro atoms. The Labute approximate surface area is 135 Å². The molecular formula is C18H23NO2S. The van der Waals surface area contributed by atoms with Crippen LogP contribution >= 0.6 is 11.3 Å². The van der Waals surface area contributed by atoms with Crippen molar-refractivity contribution in [3.8, 4) is 0 Å². The molecule has 2 aromatic rings. The maximum atomic E-state index is 12.0. The molecule has 1 aliphatic rings. The number of aryl methyl sites for hydroxylation is 1. The van der Waals surface area contributed by atoms with E-state index < -0.39 is 0 Å². The summed E-state index contributed by atoms with van der Waals surface area (Å²) < 4.78 is 1.32. The summed E-state index contributed by atoms with van der Waals surface area (Å²) in [5.74, 6) is 0.154. The van der Waals surface area contributed by atoms with E-state index in [2.05, 4.69) is 35.0 Å². The Balaban J connectivity index is 1.44. The quantitative estimate of drug-likeness (QED) is 0.884. The number of aliphatic hydroxyl groups is 1. The second-order valence-corrected chi connectivity index (χ2v) is 7.09. The van der Waals surface area contributed by atoms with Gasteiger partial charge >= 0.3 is 0 Å². The Morgan fingerprint density at radius 2 is 2.00 bits per heavy atom. The highest BCUT2D eigenvalue weighted by atomic mass is 32.1. The lowest BCUT2D eigenvalue weighted by molar-refractivity contribution is -0.122. The summed E-state index contributed by atoms with van der Waals surface area (Å²) in [6.07, 6.45) is 5.70. The predicted octanol–water partition coefficient (Wildman–Crippen LogP) is 3.64. The summed E-state index contributed by atoms with van der Waals surface area (Å²) in [6.45, 7) is 0. The highest BCUT2D eigenvalue weighted by Gasteiger charge is 2.20. The third-order valence-electron chi connectivity index (χ3n) is 4.47. The molecule has 1 aromatic heterocycles. The van der Waals surface area contributed by atoms with Crippen molar-refractivity contribution in [3.05, 3.63) is 35.2 Å². The second-order valence-electron chi connectivity index (χ2n) is 6.18.